The van der Waals surface area contributed by atoms with Crippen LogP contribution in [0.5, 0.6) is 0 Å². The van der Waals surface area contributed by atoms with Crippen LogP contribution >= 0.6 is 0 Å². The number of aromatic nitrogens is 2. The summed E-state index contributed by atoms with van der Waals surface area (Å²) >= 11 is 0. The van der Waals surface area contributed by atoms with Crippen LogP contribution in [0.4, 0.5) is 0 Å². The quantitative estimate of drug-likeness (QED) is 0.850. The number of imidazole rings is 1. The Morgan fingerprint density at radius 2 is 2.31 bits per heavy atom. The van der Waals surface area contributed by atoms with Crippen LogP contribution in [-0.2, 0) is 11.2 Å². The molecule has 0 amide bonds. The standard InChI is InChI=1S/C12H18N2O2/c1-9(12(15)16)6-11-7-13-8-14(11)10-4-2-3-5-10/h7-10H,2-6H2,1H3,(H,15,16). The van der Waals surface area contributed by atoms with Crippen molar-refractivity contribution >= 4 is 5.97 Å². The molecule has 1 aliphatic rings. The molecule has 1 atom stereocenters. The molecule has 0 aliphatic heterocycles. The highest BCUT2D eigenvalue weighted by Crippen LogP contribution is 2.30. The van der Waals surface area contributed by atoms with Crippen LogP contribution in [0.2, 0.25) is 0 Å². The van der Waals surface area contributed by atoms with Gasteiger partial charge < -0.3 is 9.67 Å². The Labute approximate surface area is 95.3 Å². The topological polar surface area (TPSA) is 55.1 Å². The molecule has 2 rings (SSSR count). The first kappa shape index (κ1) is 11.2. The van der Waals surface area contributed by atoms with Crippen molar-refractivity contribution in [2.45, 2.75) is 45.1 Å². The lowest BCUT2D eigenvalue weighted by Crippen LogP contribution is -2.16. The molecule has 88 valence electrons. The van der Waals surface area contributed by atoms with Crippen LogP contribution in [-0.4, -0.2) is 20.6 Å². The van der Waals surface area contributed by atoms with E-state index in [9.17, 15) is 4.79 Å². The SMILES string of the molecule is CC(Cc1cncn1C1CCCC1)C(=O)O. The van der Waals surface area contributed by atoms with Crippen molar-refractivity contribution in [1.29, 1.82) is 0 Å². The molecule has 0 aromatic carbocycles. The minimum Gasteiger partial charge on any atom is -0.481 e. The van der Waals surface area contributed by atoms with Gasteiger partial charge in [-0.3, -0.25) is 4.79 Å². The van der Waals surface area contributed by atoms with Gasteiger partial charge in [0.05, 0.1) is 12.2 Å². The van der Waals surface area contributed by atoms with Crippen molar-refractivity contribution in [2.75, 3.05) is 0 Å². The normalized spacial score (nSPS) is 18.8. The predicted octanol–water partition coefficient (Wildman–Crippen LogP) is 2.26. The third-order valence-electron chi connectivity index (χ3n) is 3.40. The van der Waals surface area contributed by atoms with E-state index in [4.69, 9.17) is 5.11 Å². The molecule has 1 N–H and O–H groups in total. The van der Waals surface area contributed by atoms with Crippen molar-refractivity contribution < 1.29 is 9.90 Å². The van der Waals surface area contributed by atoms with Crippen molar-refractivity contribution in [3.05, 3.63) is 18.2 Å². The van der Waals surface area contributed by atoms with E-state index in [2.05, 4.69) is 9.55 Å². The van der Waals surface area contributed by atoms with Crippen LogP contribution in [0.1, 0.15) is 44.3 Å². The average molecular weight is 222 g/mol. The smallest absolute Gasteiger partial charge is 0.306 e. The van der Waals surface area contributed by atoms with E-state index >= 15 is 0 Å². The van der Waals surface area contributed by atoms with Gasteiger partial charge in [-0.2, -0.15) is 0 Å². The number of hydrogen-bond acceptors (Lipinski definition) is 2. The number of aliphatic carboxylic acids is 1. The van der Waals surface area contributed by atoms with E-state index in [0.717, 1.165) is 5.69 Å². The molecule has 1 fully saturated rings. The van der Waals surface area contributed by atoms with Gasteiger partial charge in [-0.15, -0.1) is 0 Å². The Morgan fingerprint density at radius 1 is 1.62 bits per heavy atom. The first-order valence-electron chi connectivity index (χ1n) is 5.92. The Balaban J connectivity index is 2.09. The summed E-state index contributed by atoms with van der Waals surface area (Å²) in [6, 6.07) is 0.540. The van der Waals surface area contributed by atoms with Crippen molar-refractivity contribution in [3.63, 3.8) is 0 Å². The van der Waals surface area contributed by atoms with Gasteiger partial charge in [0, 0.05) is 24.4 Å². The molecule has 1 unspecified atom stereocenters. The third kappa shape index (κ3) is 2.26. The Hall–Kier alpha value is -1.32. The Bertz CT molecular complexity index is 367. The highest BCUT2D eigenvalue weighted by atomic mass is 16.4. The average Bonchev–Trinajstić information content (AvgIpc) is 2.85. The summed E-state index contributed by atoms with van der Waals surface area (Å²) in [5, 5.41) is 8.91. The number of carbonyl (C=O) groups is 1. The fraction of sp³-hybridized carbons (Fsp3) is 0.667. The molecule has 1 saturated carbocycles. The second-order valence-electron chi connectivity index (χ2n) is 4.67. The zero-order chi connectivity index (χ0) is 11.5. The van der Waals surface area contributed by atoms with Crippen LogP contribution in [0, 0.1) is 5.92 Å². The van der Waals surface area contributed by atoms with Crippen LogP contribution < -0.4 is 0 Å². The predicted molar refractivity (Wildman–Crippen MR) is 60.2 cm³/mol. The van der Waals surface area contributed by atoms with Crippen LogP contribution in [0.25, 0.3) is 0 Å². The molecule has 0 saturated heterocycles. The second-order valence-corrected chi connectivity index (χ2v) is 4.67. The van der Waals surface area contributed by atoms with Gasteiger partial charge in [0.25, 0.3) is 0 Å². The molecule has 4 heteroatoms. The largest absolute Gasteiger partial charge is 0.481 e. The van der Waals surface area contributed by atoms with E-state index in [1.54, 1.807) is 13.1 Å². The summed E-state index contributed by atoms with van der Waals surface area (Å²) in [5.74, 6) is -1.07. The van der Waals surface area contributed by atoms with Crippen molar-refractivity contribution in [1.82, 2.24) is 9.55 Å². The van der Waals surface area contributed by atoms with E-state index in [1.807, 2.05) is 6.33 Å². The molecule has 0 spiro atoms. The number of hydrogen-bond donors (Lipinski definition) is 1. The monoisotopic (exact) mass is 222 g/mol. The number of nitrogens with zero attached hydrogens (tertiary/aromatic N) is 2. The molecule has 4 nitrogen and oxygen atoms in total. The second kappa shape index (κ2) is 4.68. The van der Waals surface area contributed by atoms with Gasteiger partial charge in [0.1, 0.15) is 0 Å². The fourth-order valence-electron chi connectivity index (χ4n) is 2.40. The molecular weight excluding hydrogens is 204 g/mol. The molecule has 16 heavy (non-hydrogen) atoms. The van der Waals surface area contributed by atoms with Crippen molar-refractivity contribution in [3.8, 4) is 0 Å². The molecule has 0 bridgehead atoms. The Kier molecular flexibility index (Phi) is 3.27. The summed E-state index contributed by atoms with van der Waals surface area (Å²) in [5.41, 5.74) is 1.06. The fourth-order valence-corrected chi connectivity index (χ4v) is 2.40. The zero-order valence-electron chi connectivity index (χ0n) is 9.59. The minimum absolute atomic E-state index is 0.336. The maximum absolute atomic E-state index is 10.8. The van der Waals surface area contributed by atoms with Gasteiger partial charge in [-0.25, -0.2) is 4.98 Å². The molecule has 1 aliphatic carbocycles. The number of carboxylic acids is 1. The molecule has 1 aromatic heterocycles. The van der Waals surface area contributed by atoms with E-state index in [1.165, 1.54) is 25.7 Å². The lowest BCUT2D eigenvalue weighted by Gasteiger charge is -2.16. The molecule has 0 radical (unpaired) electrons. The first-order valence-corrected chi connectivity index (χ1v) is 5.92. The van der Waals surface area contributed by atoms with Gasteiger partial charge in [-0.1, -0.05) is 19.8 Å². The van der Waals surface area contributed by atoms with Crippen LogP contribution in [0.3, 0.4) is 0 Å². The zero-order valence-corrected chi connectivity index (χ0v) is 9.59. The van der Waals surface area contributed by atoms with E-state index in [-0.39, 0.29) is 5.92 Å². The Morgan fingerprint density at radius 3 is 2.94 bits per heavy atom. The molecule has 1 heterocycles. The highest BCUT2D eigenvalue weighted by Gasteiger charge is 2.21. The van der Waals surface area contributed by atoms with E-state index < -0.39 is 5.97 Å². The molecular formula is C12H18N2O2. The van der Waals surface area contributed by atoms with Crippen LogP contribution in [0.15, 0.2) is 12.5 Å². The maximum atomic E-state index is 10.8. The summed E-state index contributed by atoms with van der Waals surface area (Å²) in [4.78, 5) is 15.0. The highest BCUT2D eigenvalue weighted by molar-refractivity contribution is 5.69. The van der Waals surface area contributed by atoms with Crippen molar-refractivity contribution in [2.24, 2.45) is 5.92 Å². The first-order chi connectivity index (χ1) is 7.68. The lowest BCUT2D eigenvalue weighted by molar-refractivity contribution is -0.141. The summed E-state index contributed by atoms with van der Waals surface area (Å²) in [6.07, 6.45) is 9.17. The minimum atomic E-state index is -0.737. The van der Waals surface area contributed by atoms with Gasteiger partial charge in [-0.05, 0) is 12.8 Å². The third-order valence-corrected chi connectivity index (χ3v) is 3.40. The molecule has 1 aromatic rings. The summed E-state index contributed by atoms with van der Waals surface area (Å²) in [7, 11) is 0. The van der Waals surface area contributed by atoms with Gasteiger partial charge >= 0.3 is 5.97 Å². The number of carboxylic acid groups (broad SMARTS) is 1. The number of rotatable bonds is 4. The summed E-state index contributed by atoms with van der Waals surface area (Å²) < 4.78 is 2.17. The lowest BCUT2D eigenvalue weighted by atomic mass is 10.1. The summed E-state index contributed by atoms with van der Waals surface area (Å²) in [6.45, 7) is 1.74. The maximum Gasteiger partial charge on any atom is 0.306 e. The van der Waals surface area contributed by atoms with Gasteiger partial charge in [0.15, 0.2) is 0 Å². The van der Waals surface area contributed by atoms with E-state index in [0.29, 0.717) is 12.5 Å². The van der Waals surface area contributed by atoms with Gasteiger partial charge in [0.2, 0.25) is 0 Å².